The van der Waals surface area contributed by atoms with Gasteiger partial charge in [-0.2, -0.15) is 0 Å². The molecular weight excluding hydrogens is 342 g/mol. The molecule has 0 aromatic carbocycles. The van der Waals surface area contributed by atoms with Gasteiger partial charge in [-0.25, -0.2) is 9.97 Å². The van der Waals surface area contributed by atoms with E-state index in [2.05, 4.69) is 47.6 Å². The predicted molar refractivity (Wildman–Crippen MR) is 91.3 cm³/mol. The molecule has 2 aromatic heterocycles. The summed E-state index contributed by atoms with van der Waals surface area (Å²) in [5.41, 5.74) is 1.45. The van der Waals surface area contributed by atoms with Gasteiger partial charge in [-0.1, -0.05) is 6.42 Å². The quantitative estimate of drug-likeness (QED) is 0.890. The van der Waals surface area contributed by atoms with E-state index in [4.69, 9.17) is 0 Å². The van der Waals surface area contributed by atoms with Gasteiger partial charge in [0.1, 0.15) is 0 Å². The first kappa shape index (κ1) is 14.5. The lowest BCUT2D eigenvalue weighted by atomic mass is 9.74. The van der Waals surface area contributed by atoms with Crippen LogP contribution in [0.4, 0.5) is 5.95 Å². The van der Waals surface area contributed by atoms with Crippen LogP contribution in [0.25, 0.3) is 5.65 Å². The van der Waals surface area contributed by atoms with Crippen molar-refractivity contribution in [1.29, 1.82) is 0 Å². The van der Waals surface area contributed by atoms with Crippen LogP contribution >= 0.6 is 15.9 Å². The summed E-state index contributed by atoms with van der Waals surface area (Å²) in [6.45, 7) is 2.17. The fraction of sp³-hybridized carbons (Fsp3) is 0.625. The zero-order valence-electron chi connectivity index (χ0n) is 12.9. The van der Waals surface area contributed by atoms with Crippen molar-refractivity contribution in [2.75, 3.05) is 25.0 Å². The number of imidazole rings is 1. The van der Waals surface area contributed by atoms with E-state index in [1.54, 1.807) is 0 Å². The van der Waals surface area contributed by atoms with E-state index >= 15 is 0 Å². The zero-order chi connectivity index (χ0) is 15.2. The molecular formula is C16H22BrN5. The maximum absolute atomic E-state index is 4.64. The van der Waals surface area contributed by atoms with Gasteiger partial charge in [0, 0.05) is 37.7 Å². The molecule has 0 bridgehead atoms. The van der Waals surface area contributed by atoms with E-state index in [0.29, 0.717) is 11.5 Å². The minimum Gasteiger partial charge on any atom is -0.342 e. The van der Waals surface area contributed by atoms with Crippen molar-refractivity contribution in [2.24, 2.45) is 5.41 Å². The van der Waals surface area contributed by atoms with Gasteiger partial charge in [0.15, 0.2) is 5.65 Å². The summed E-state index contributed by atoms with van der Waals surface area (Å²) >= 11 is 3.53. The van der Waals surface area contributed by atoms with Crippen molar-refractivity contribution < 1.29 is 0 Å². The molecule has 6 heteroatoms. The molecule has 4 rings (SSSR count). The molecule has 22 heavy (non-hydrogen) atoms. The highest BCUT2D eigenvalue weighted by atomic mass is 79.9. The van der Waals surface area contributed by atoms with Gasteiger partial charge in [0.25, 0.3) is 0 Å². The maximum Gasteiger partial charge on any atom is 0.211 e. The van der Waals surface area contributed by atoms with Crippen LogP contribution in [0.5, 0.6) is 0 Å². The van der Waals surface area contributed by atoms with Gasteiger partial charge >= 0.3 is 0 Å². The lowest BCUT2D eigenvalue weighted by molar-refractivity contribution is 0.177. The first-order valence-corrected chi connectivity index (χ1v) is 8.93. The van der Waals surface area contributed by atoms with E-state index < -0.39 is 0 Å². The van der Waals surface area contributed by atoms with Crippen LogP contribution in [0.15, 0.2) is 23.1 Å². The van der Waals surface area contributed by atoms with Crippen molar-refractivity contribution in [2.45, 2.75) is 38.1 Å². The van der Waals surface area contributed by atoms with Gasteiger partial charge in [-0.15, -0.1) is 0 Å². The number of piperidine rings is 1. The molecule has 1 spiro atoms. The Balaban J connectivity index is 1.58. The van der Waals surface area contributed by atoms with Crippen molar-refractivity contribution in [3.05, 3.63) is 23.1 Å². The molecule has 2 aromatic rings. The van der Waals surface area contributed by atoms with Crippen LogP contribution in [0.3, 0.4) is 0 Å². The SMILES string of the molecule is CN[C@@H]1CCCC12CCN(c1ncc(Br)c3nccn13)CC2. The number of fused-ring (bicyclic) bond motifs is 1. The highest BCUT2D eigenvalue weighted by Crippen LogP contribution is 2.46. The first-order chi connectivity index (χ1) is 10.7. The number of halogens is 1. The molecule has 1 saturated carbocycles. The second-order valence-corrected chi connectivity index (χ2v) is 7.46. The Kier molecular flexibility index (Phi) is 3.61. The lowest BCUT2D eigenvalue weighted by Crippen LogP contribution is -2.48. The zero-order valence-corrected chi connectivity index (χ0v) is 14.5. The van der Waals surface area contributed by atoms with Gasteiger partial charge in [0.2, 0.25) is 5.95 Å². The highest BCUT2D eigenvalue weighted by Gasteiger charge is 2.44. The summed E-state index contributed by atoms with van der Waals surface area (Å²) in [6.07, 6.45) is 12.3. The normalized spacial score (nSPS) is 24.5. The largest absolute Gasteiger partial charge is 0.342 e. The molecule has 0 unspecified atom stereocenters. The molecule has 2 aliphatic rings. The van der Waals surface area contributed by atoms with Crippen LogP contribution in [0, 0.1) is 5.41 Å². The van der Waals surface area contributed by atoms with Crippen molar-refractivity contribution in [3.63, 3.8) is 0 Å². The Morgan fingerprint density at radius 2 is 2.09 bits per heavy atom. The molecule has 3 heterocycles. The van der Waals surface area contributed by atoms with Crippen molar-refractivity contribution in [3.8, 4) is 0 Å². The number of nitrogens with one attached hydrogen (secondary N) is 1. The predicted octanol–water partition coefficient (Wildman–Crippen LogP) is 2.85. The lowest BCUT2D eigenvalue weighted by Gasteiger charge is -2.43. The molecule has 0 amide bonds. The summed E-state index contributed by atoms with van der Waals surface area (Å²) in [6, 6.07) is 0.695. The topological polar surface area (TPSA) is 45.5 Å². The fourth-order valence-electron chi connectivity index (χ4n) is 4.45. The molecule has 1 N–H and O–H groups in total. The van der Waals surface area contributed by atoms with Gasteiger partial charge in [-0.05, 0) is 54.1 Å². The maximum atomic E-state index is 4.64. The van der Waals surface area contributed by atoms with Crippen molar-refractivity contribution in [1.82, 2.24) is 19.7 Å². The molecule has 1 aliphatic heterocycles. The smallest absolute Gasteiger partial charge is 0.211 e. The molecule has 118 valence electrons. The molecule has 5 nitrogen and oxygen atoms in total. The number of rotatable bonds is 2. The second-order valence-electron chi connectivity index (χ2n) is 6.61. The minimum absolute atomic E-state index is 0.509. The Bertz CT molecular complexity index is 674. The van der Waals surface area contributed by atoms with E-state index in [1.807, 2.05) is 18.6 Å². The summed E-state index contributed by atoms with van der Waals surface area (Å²) in [5, 5.41) is 3.56. The summed E-state index contributed by atoms with van der Waals surface area (Å²) in [5.74, 6) is 1.02. The number of hydrogen-bond acceptors (Lipinski definition) is 4. The molecule has 1 atom stereocenters. The standard InChI is InChI=1S/C16H22BrN5/c1-18-13-3-2-4-16(13)5-8-21(9-6-16)15-20-11-12(17)14-19-7-10-22(14)15/h7,10-11,13,18H,2-6,8-9H2,1H3/t13-/m1/s1. The number of nitrogens with zero attached hydrogens (tertiary/aromatic N) is 4. The number of anilines is 1. The summed E-state index contributed by atoms with van der Waals surface area (Å²) < 4.78 is 3.03. The van der Waals surface area contributed by atoms with Gasteiger partial charge < -0.3 is 10.2 Å². The van der Waals surface area contributed by atoms with E-state index in [9.17, 15) is 0 Å². The Morgan fingerprint density at radius 1 is 1.27 bits per heavy atom. The van der Waals surface area contributed by atoms with Crippen LogP contribution in [0.1, 0.15) is 32.1 Å². The summed E-state index contributed by atoms with van der Waals surface area (Å²) in [7, 11) is 2.12. The average Bonchev–Trinajstić information content (AvgIpc) is 3.17. The first-order valence-electron chi connectivity index (χ1n) is 8.13. The molecule has 0 radical (unpaired) electrons. The van der Waals surface area contributed by atoms with Crippen LogP contribution in [0.2, 0.25) is 0 Å². The van der Waals surface area contributed by atoms with Gasteiger partial charge in [-0.3, -0.25) is 4.40 Å². The molecule has 1 aliphatic carbocycles. The monoisotopic (exact) mass is 363 g/mol. The Labute approximate surface area is 139 Å². The molecule has 2 fully saturated rings. The average molecular weight is 364 g/mol. The molecule has 1 saturated heterocycles. The number of aromatic nitrogens is 3. The van der Waals surface area contributed by atoms with Crippen LogP contribution in [-0.4, -0.2) is 40.5 Å². The third-order valence-electron chi connectivity index (χ3n) is 5.66. The van der Waals surface area contributed by atoms with E-state index in [1.165, 1.54) is 32.1 Å². The number of hydrogen-bond donors (Lipinski definition) is 1. The van der Waals surface area contributed by atoms with Crippen molar-refractivity contribution >= 4 is 27.5 Å². The van der Waals surface area contributed by atoms with E-state index in [0.717, 1.165) is 29.2 Å². The Hall–Kier alpha value is -1.14. The summed E-state index contributed by atoms with van der Waals surface area (Å²) in [4.78, 5) is 11.5. The highest BCUT2D eigenvalue weighted by molar-refractivity contribution is 9.10. The Morgan fingerprint density at radius 3 is 2.86 bits per heavy atom. The van der Waals surface area contributed by atoms with E-state index in [-0.39, 0.29) is 0 Å². The minimum atomic E-state index is 0.509. The van der Waals surface area contributed by atoms with Crippen LogP contribution in [-0.2, 0) is 0 Å². The van der Waals surface area contributed by atoms with Gasteiger partial charge in [0.05, 0.1) is 4.47 Å². The third-order valence-corrected chi connectivity index (χ3v) is 6.22. The third kappa shape index (κ3) is 2.15. The second kappa shape index (κ2) is 5.49. The van der Waals surface area contributed by atoms with Crippen LogP contribution < -0.4 is 10.2 Å². The fourth-order valence-corrected chi connectivity index (χ4v) is 4.85.